The van der Waals surface area contributed by atoms with Gasteiger partial charge >= 0.3 is 0 Å². The number of hydrogen-bond acceptors (Lipinski definition) is 2. The highest BCUT2D eigenvalue weighted by atomic mass is 79.9. The summed E-state index contributed by atoms with van der Waals surface area (Å²) in [6.07, 6.45) is 2.88. The molecule has 0 saturated heterocycles. The minimum absolute atomic E-state index is 0.0666. The molecule has 88 valence electrons. The van der Waals surface area contributed by atoms with E-state index in [1.165, 1.54) is 23.1 Å². The third-order valence-corrected chi connectivity index (χ3v) is 3.02. The van der Waals surface area contributed by atoms with E-state index in [0.29, 0.717) is 5.56 Å². The van der Waals surface area contributed by atoms with Crippen LogP contribution in [-0.2, 0) is 7.05 Å². The van der Waals surface area contributed by atoms with Crippen LogP contribution in [0.5, 0.6) is 0 Å². The molecule has 1 heterocycles. The van der Waals surface area contributed by atoms with Gasteiger partial charge in [0.2, 0.25) is 0 Å². The van der Waals surface area contributed by atoms with Crippen LogP contribution in [-0.4, -0.2) is 15.6 Å². The number of rotatable bonds is 2. The summed E-state index contributed by atoms with van der Waals surface area (Å²) < 4.78 is 27.5. The number of nitrogens with zero attached hydrogens (tertiary/aromatic N) is 2. The van der Waals surface area contributed by atoms with E-state index in [-0.39, 0.29) is 10.0 Å². The lowest BCUT2D eigenvalue weighted by atomic mass is 10.1. The van der Waals surface area contributed by atoms with Crippen LogP contribution >= 0.6 is 15.9 Å². The van der Waals surface area contributed by atoms with Gasteiger partial charge in [0.25, 0.3) is 0 Å². The average molecular weight is 301 g/mol. The Bertz CT molecular complexity index is 595. The third kappa shape index (κ3) is 2.12. The Morgan fingerprint density at radius 1 is 1.41 bits per heavy atom. The Kier molecular flexibility index (Phi) is 3.06. The SMILES string of the molecule is Cn1cc(C(=O)c2ccc(F)c(F)c2Br)cn1. The molecular weight excluding hydrogens is 294 g/mol. The maximum atomic E-state index is 13.3. The molecule has 0 radical (unpaired) electrons. The van der Waals surface area contributed by atoms with Crippen LogP contribution in [0, 0.1) is 11.6 Å². The molecule has 2 rings (SSSR count). The van der Waals surface area contributed by atoms with E-state index in [0.717, 1.165) is 6.07 Å². The summed E-state index contributed by atoms with van der Waals surface area (Å²) in [5, 5.41) is 3.85. The molecule has 17 heavy (non-hydrogen) atoms. The molecule has 0 aliphatic carbocycles. The Morgan fingerprint density at radius 3 is 2.71 bits per heavy atom. The normalized spacial score (nSPS) is 10.6. The fourth-order valence-corrected chi connectivity index (χ4v) is 1.90. The van der Waals surface area contributed by atoms with Crippen molar-refractivity contribution in [1.82, 2.24) is 9.78 Å². The van der Waals surface area contributed by atoms with Crippen molar-refractivity contribution >= 4 is 21.7 Å². The highest BCUT2D eigenvalue weighted by molar-refractivity contribution is 9.10. The smallest absolute Gasteiger partial charge is 0.197 e. The first kappa shape index (κ1) is 11.9. The monoisotopic (exact) mass is 300 g/mol. The van der Waals surface area contributed by atoms with Gasteiger partial charge in [0, 0.05) is 18.8 Å². The van der Waals surface area contributed by atoms with Crippen LogP contribution in [0.3, 0.4) is 0 Å². The standard InChI is InChI=1S/C11H7BrF2N2O/c1-16-5-6(4-15-16)11(17)7-2-3-8(13)10(14)9(7)12/h2-5H,1H3. The van der Waals surface area contributed by atoms with E-state index in [2.05, 4.69) is 21.0 Å². The van der Waals surface area contributed by atoms with Crippen molar-refractivity contribution < 1.29 is 13.6 Å². The quantitative estimate of drug-likeness (QED) is 0.631. The summed E-state index contributed by atoms with van der Waals surface area (Å²) in [6.45, 7) is 0. The number of ketones is 1. The summed E-state index contributed by atoms with van der Waals surface area (Å²) >= 11 is 2.87. The molecule has 0 bridgehead atoms. The topological polar surface area (TPSA) is 34.9 Å². The largest absolute Gasteiger partial charge is 0.288 e. The van der Waals surface area contributed by atoms with Gasteiger partial charge < -0.3 is 0 Å². The van der Waals surface area contributed by atoms with Gasteiger partial charge in [-0.05, 0) is 28.1 Å². The van der Waals surface area contributed by atoms with Crippen molar-refractivity contribution in [2.24, 2.45) is 7.05 Å². The van der Waals surface area contributed by atoms with Gasteiger partial charge in [0.05, 0.1) is 16.2 Å². The van der Waals surface area contributed by atoms with Crippen LogP contribution < -0.4 is 0 Å². The van der Waals surface area contributed by atoms with Crippen LogP contribution in [0.1, 0.15) is 15.9 Å². The van der Waals surface area contributed by atoms with E-state index < -0.39 is 17.4 Å². The molecular formula is C11H7BrF2N2O. The Hall–Kier alpha value is -1.56. The Balaban J connectivity index is 2.48. The molecule has 0 atom stereocenters. The molecule has 0 spiro atoms. The third-order valence-electron chi connectivity index (χ3n) is 2.25. The van der Waals surface area contributed by atoms with Crippen LogP contribution in [0.15, 0.2) is 29.0 Å². The van der Waals surface area contributed by atoms with E-state index in [9.17, 15) is 13.6 Å². The summed E-state index contributed by atoms with van der Waals surface area (Å²) in [6, 6.07) is 2.15. The zero-order valence-electron chi connectivity index (χ0n) is 8.75. The second-order valence-corrected chi connectivity index (χ2v) is 4.25. The molecule has 6 heteroatoms. The molecule has 1 aromatic heterocycles. The van der Waals surface area contributed by atoms with Crippen molar-refractivity contribution in [3.8, 4) is 0 Å². The molecule has 0 aliphatic heterocycles. The molecule has 0 aliphatic rings. The number of hydrogen-bond donors (Lipinski definition) is 0. The first-order chi connectivity index (χ1) is 8.00. The van der Waals surface area contributed by atoms with E-state index in [1.54, 1.807) is 7.05 Å². The minimum atomic E-state index is -1.07. The maximum Gasteiger partial charge on any atom is 0.197 e. The maximum absolute atomic E-state index is 13.3. The Labute approximate surface area is 104 Å². The molecule has 2 aromatic rings. The number of carbonyl (C=O) groups is 1. The van der Waals surface area contributed by atoms with Crippen molar-refractivity contribution in [2.75, 3.05) is 0 Å². The van der Waals surface area contributed by atoms with Gasteiger partial charge in [-0.3, -0.25) is 9.48 Å². The second kappa shape index (κ2) is 4.37. The van der Waals surface area contributed by atoms with Crippen LogP contribution in [0.4, 0.5) is 8.78 Å². The predicted molar refractivity (Wildman–Crippen MR) is 60.7 cm³/mol. The van der Waals surface area contributed by atoms with Crippen LogP contribution in [0.2, 0.25) is 0 Å². The number of benzene rings is 1. The highest BCUT2D eigenvalue weighted by Crippen LogP contribution is 2.25. The summed E-state index contributed by atoms with van der Waals surface area (Å²) in [4.78, 5) is 12.0. The Morgan fingerprint density at radius 2 is 2.12 bits per heavy atom. The van der Waals surface area contributed by atoms with E-state index in [4.69, 9.17) is 0 Å². The van der Waals surface area contributed by atoms with Gasteiger partial charge in [-0.25, -0.2) is 8.78 Å². The van der Waals surface area contributed by atoms with Crippen LogP contribution in [0.25, 0.3) is 0 Å². The second-order valence-electron chi connectivity index (χ2n) is 3.45. The van der Waals surface area contributed by atoms with Gasteiger partial charge in [0.1, 0.15) is 0 Å². The fraction of sp³-hybridized carbons (Fsp3) is 0.0909. The zero-order valence-corrected chi connectivity index (χ0v) is 10.3. The summed E-state index contributed by atoms with van der Waals surface area (Å²) in [5.41, 5.74) is 0.385. The molecule has 1 aromatic carbocycles. The molecule has 0 N–H and O–H groups in total. The average Bonchev–Trinajstić information content (AvgIpc) is 2.72. The van der Waals surface area contributed by atoms with Crippen molar-refractivity contribution in [3.05, 3.63) is 51.8 Å². The van der Waals surface area contributed by atoms with Gasteiger partial charge in [-0.1, -0.05) is 0 Å². The van der Waals surface area contributed by atoms with Gasteiger partial charge in [-0.15, -0.1) is 0 Å². The number of halogens is 3. The molecule has 0 saturated carbocycles. The molecule has 3 nitrogen and oxygen atoms in total. The number of aryl methyl sites for hydroxylation is 1. The number of carbonyl (C=O) groups excluding carboxylic acids is 1. The minimum Gasteiger partial charge on any atom is -0.288 e. The lowest BCUT2D eigenvalue weighted by Crippen LogP contribution is -2.03. The van der Waals surface area contributed by atoms with Crippen molar-refractivity contribution in [2.45, 2.75) is 0 Å². The van der Waals surface area contributed by atoms with Gasteiger partial charge in [-0.2, -0.15) is 5.10 Å². The predicted octanol–water partition coefficient (Wildman–Crippen LogP) is 2.69. The fourth-order valence-electron chi connectivity index (χ4n) is 1.40. The first-order valence-corrected chi connectivity index (χ1v) is 5.47. The van der Waals surface area contributed by atoms with Crippen molar-refractivity contribution in [1.29, 1.82) is 0 Å². The zero-order chi connectivity index (χ0) is 12.6. The van der Waals surface area contributed by atoms with E-state index >= 15 is 0 Å². The summed E-state index contributed by atoms with van der Waals surface area (Å²) in [5.74, 6) is -2.48. The first-order valence-electron chi connectivity index (χ1n) is 4.67. The molecule has 0 amide bonds. The molecule has 0 fully saturated rings. The lowest BCUT2D eigenvalue weighted by Gasteiger charge is -2.03. The van der Waals surface area contributed by atoms with E-state index in [1.807, 2.05) is 0 Å². The summed E-state index contributed by atoms with van der Waals surface area (Å²) in [7, 11) is 1.66. The van der Waals surface area contributed by atoms with Crippen molar-refractivity contribution in [3.63, 3.8) is 0 Å². The lowest BCUT2D eigenvalue weighted by molar-refractivity contribution is 0.103. The molecule has 0 unspecified atom stereocenters. The number of aromatic nitrogens is 2. The highest BCUT2D eigenvalue weighted by Gasteiger charge is 2.18. The van der Waals surface area contributed by atoms with Gasteiger partial charge in [0.15, 0.2) is 17.4 Å².